The minimum atomic E-state index is -0.959. The highest BCUT2D eigenvalue weighted by Gasteiger charge is 2.34. The summed E-state index contributed by atoms with van der Waals surface area (Å²) in [6.07, 6.45) is 9.01. The van der Waals surface area contributed by atoms with Crippen molar-refractivity contribution >= 4 is 25.5 Å². The zero-order chi connectivity index (χ0) is 12.8. The summed E-state index contributed by atoms with van der Waals surface area (Å²) >= 11 is 0. The molecule has 0 amide bonds. The Balaban J connectivity index is 1.65. The first kappa shape index (κ1) is 12.0. The Morgan fingerprint density at radius 2 is 1.78 bits per heavy atom. The zero-order valence-electron chi connectivity index (χ0n) is 11.5. The van der Waals surface area contributed by atoms with Gasteiger partial charge in [-0.3, -0.25) is 0 Å². The van der Waals surface area contributed by atoms with Crippen molar-refractivity contribution in [3.63, 3.8) is 0 Å². The van der Waals surface area contributed by atoms with Crippen molar-refractivity contribution in [1.82, 2.24) is 0 Å². The van der Waals surface area contributed by atoms with E-state index in [0.717, 1.165) is 22.9 Å². The van der Waals surface area contributed by atoms with Gasteiger partial charge in [-0.25, -0.2) is 15.0 Å². The molecule has 0 aromatic carbocycles. The second-order valence-corrected chi connectivity index (χ2v) is 12.2. The summed E-state index contributed by atoms with van der Waals surface area (Å²) in [6.45, 7) is 7.49. The summed E-state index contributed by atoms with van der Waals surface area (Å²) in [4.78, 5) is 13.4. The van der Waals surface area contributed by atoms with Crippen molar-refractivity contribution in [3.8, 4) is 0 Å². The second-order valence-electron chi connectivity index (χ2n) is 6.65. The lowest BCUT2D eigenvalue weighted by Crippen LogP contribution is -2.32. The van der Waals surface area contributed by atoms with Gasteiger partial charge in [0.05, 0.1) is 0 Å². The molecule has 0 radical (unpaired) electrons. The molecule has 2 aliphatic heterocycles. The molecule has 0 bridgehead atoms. The molecule has 0 spiro atoms. The van der Waals surface area contributed by atoms with Gasteiger partial charge in [-0.2, -0.15) is 0 Å². The standard InChI is InChI=1S/C14H21N3Si/c1-18(2,3)11-6-4-10(5-7-11)13-16-12-8-9-15-14(12)17-13/h8-11H,4-7H2,1-3H3. The van der Waals surface area contributed by atoms with Crippen LogP contribution in [0.3, 0.4) is 0 Å². The molecule has 0 aromatic heterocycles. The normalized spacial score (nSPS) is 30.9. The second kappa shape index (κ2) is 4.26. The third-order valence-corrected chi connectivity index (χ3v) is 7.46. The number of hydrogen-bond acceptors (Lipinski definition) is 3. The maximum Gasteiger partial charge on any atom is 0.180 e. The average Bonchev–Trinajstić information content (AvgIpc) is 2.88. The SMILES string of the molecule is C[Si](C)(C)C1CCC(C2=NC3=NC=CC3=N2)CC1. The van der Waals surface area contributed by atoms with Gasteiger partial charge in [-0.05, 0) is 24.5 Å². The van der Waals surface area contributed by atoms with E-state index in [1.807, 2.05) is 6.08 Å². The molecule has 3 nitrogen and oxygen atoms in total. The molecular formula is C14H21N3Si. The van der Waals surface area contributed by atoms with Crippen molar-refractivity contribution in [2.75, 3.05) is 0 Å². The summed E-state index contributed by atoms with van der Waals surface area (Å²) in [5.41, 5.74) is 1.96. The minimum absolute atomic E-state index is 0.576. The minimum Gasteiger partial charge on any atom is -0.235 e. The molecule has 3 rings (SSSR count). The van der Waals surface area contributed by atoms with Gasteiger partial charge in [-0.1, -0.05) is 32.5 Å². The van der Waals surface area contributed by atoms with Gasteiger partial charge >= 0.3 is 0 Å². The van der Waals surface area contributed by atoms with Crippen LogP contribution >= 0.6 is 0 Å². The van der Waals surface area contributed by atoms with Gasteiger partial charge in [0.1, 0.15) is 11.5 Å². The van der Waals surface area contributed by atoms with E-state index in [-0.39, 0.29) is 0 Å². The Bertz CT molecular complexity index is 472. The predicted octanol–water partition coefficient (Wildman–Crippen LogP) is 3.66. The summed E-state index contributed by atoms with van der Waals surface area (Å²) in [5.74, 6) is 2.45. The van der Waals surface area contributed by atoms with Gasteiger partial charge in [0.25, 0.3) is 0 Å². The van der Waals surface area contributed by atoms with E-state index in [1.54, 1.807) is 6.20 Å². The molecule has 1 fully saturated rings. The lowest BCUT2D eigenvalue weighted by atomic mass is 9.88. The molecular weight excluding hydrogens is 238 g/mol. The molecule has 18 heavy (non-hydrogen) atoms. The molecule has 2 heterocycles. The van der Waals surface area contributed by atoms with E-state index in [0.29, 0.717) is 5.92 Å². The van der Waals surface area contributed by atoms with Gasteiger partial charge in [0, 0.05) is 20.2 Å². The van der Waals surface area contributed by atoms with E-state index in [4.69, 9.17) is 0 Å². The molecule has 96 valence electrons. The van der Waals surface area contributed by atoms with Crippen LogP contribution in [0.1, 0.15) is 25.7 Å². The highest BCUT2D eigenvalue weighted by molar-refractivity contribution is 6.77. The van der Waals surface area contributed by atoms with Crippen LogP contribution in [0.15, 0.2) is 27.3 Å². The molecule has 1 aliphatic carbocycles. The van der Waals surface area contributed by atoms with Crippen LogP contribution in [0, 0.1) is 5.92 Å². The van der Waals surface area contributed by atoms with E-state index in [9.17, 15) is 0 Å². The molecule has 4 heteroatoms. The number of aliphatic imine (C=N–C) groups is 3. The average molecular weight is 259 g/mol. The molecule has 0 saturated heterocycles. The van der Waals surface area contributed by atoms with Crippen molar-refractivity contribution in [3.05, 3.63) is 12.3 Å². The van der Waals surface area contributed by atoms with Crippen LogP contribution < -0.4 is 0 Å². The summed E-state index contributed by atoms with van der Waals surface area (Å²) in [6, 6.07) is 0. The summed E-state index contributed by atoms with van der Waals surface area (Å²) < 4.78 is 0. The van der Waals surface area contributed by atoms with Crippen LogP contribution in [0.2, 0.25) is 25.2 Å². The van der Waals surface area contributed by atoms with Gasteiger partial charge in [0.15, 0.2) is 5.84 Å². The van der Waals surface area contributed by atoms with Gasteiger partial charge < -0.3 is 0 Å². The largest absolute Gasteiger partial charge is 0.235 e. The van der Waals surface area contributed by atoms with Crippen LogP contribution in [0.4, 0.5) is 0 Å². The Labute approximate surface area is 110 Å². The number of fused-ring (bicyclic) bond motifs is 1. The van der Waals surface area contributed by atoms with Crippen molar-refractivity contribution in [2.24, 2.45) is 20.9 Å². The van der Waals surface area contributed by atoms with Gasteiger partial charge in [0.2, 0.25) is 0 Å². The number of rotatable bonds is 2. The lowest BCUT2D eigenvalue weighted by Gasteiger charge is -2.35. The summed E-state index contributed by atoms with van der Waals surface area (Å²) in [5, 5.41) is 0. The number of nitrogens with zero attached hydrogens (tertiary/aromatic N) is 3. The smallest absolute Gasteiger partial charge is 0.180 e. The molecule has 0 aromatic rings. The van der Waals surface area contributed by atoms with Crippen LogP contribution in [-0.4, -0.2) is 25.5 Å². The van der Waals surface area contributed by atoms with Crippen LogP contribution in [-0.2, 0) is 0 Å². The molecule has 1 saturated carbocycles. The third-order valence-electron chi connectivity index (χ3n) is 4.43. The lowest BCUT2D eigenvalue weighted by molar-refractivity contribution is 0.430. The number of hydrogen-bond donors (Lipinski definition) is 0. The first-order valence-electron chi connectivity index (χ1n) is 6.96. The van der Waals surface area contributed by atoms with E-state index >= 15 is 0 Å². The first-order valence-corrected chi connectivity index (χ1v) is 10.5. The van der Waals surface area contributed by atoms with Crippen molar-refractivity contribution < 1.29 is 0 Å². The molecule has 0 atom stereocenters. The monoisotopic (exact) mass is 259 g/mol. The summed E-state index contributed by atoms with van der Waals surface area (Å²) in [7, 11) is -0.959. The Morgan fingerprint density at radius 3 is 2.39 bits per heavy atom. The van der Waals surface area contributed by atoms with Gasteiger partial charge in [-0.15, -0.1) is 0 Å². The van der Waals surface area contributed by atoms with Crippen molar-refractivity contribution in [1.29, 1.82) is 0 Å². The van der Waals surface area contributed by atoms with E-state index < -0.39 is 8.07 Å². The number of amidine groups is 2. The van der Waals surface area contributed by atoms with E-state index in [2.05, 4.69) is 34.6 Å². The predicted molar refractivity (Wildman–Crippen MR) is 80.5 cm³/mol. The molecule has 0 N–H and O–H groups in total. The fourth-order valence-electron chi connectivity index (χ4n) is 3.15. The third kappa shape index (κ3) is 2.14. The topological polar surface area (TPSA) is 37.1 Å². The van der Waals surface area contributed by atoms with Crippen LogP contribution in [0.25, 0.3) is 0 Å². The fourth-order valence-corrected chi connectivity index (χ4v) is 5.22. The highest BCUT2D eigenvalue weighted by Crippen LogP contribution is 2.40. The van der Waals surface area contributed by atoms with E-state index in [1.165, 1.54) is 25.7 Å². The Morgan fingerprint density at radius 1 is 1.06 bits per heavy atom. The zero-order valence-corrected chi connectivity index (χ0v) is 12.5. The first-order chi connectivity index (χ1) is 8.54. The fraction of sp³-hybridized carbons (Fsp3) is 0.643. The Hall–Kier alpha value is -1.03. The van der Waals surface area contributed by atoms with Crippen molar-refractivity contribution in [2.45, 2.75) is 50.9 Å². The Kier molecular flexibility index (Phi) is 2.85. The molecule has 3 aliphatic rings. The highest BCUT2D eigenvalue weighted by atomic mass is 28.3. The maximum atomic E-state index is 4.62. The van der Waals surface area contributed by atoms with Crippen LogP contribution in [0.5, 0.6) is 0 Å². The molecule has 0 unspecified atom stereocenters. The maximum absolute atomic E-state index is 4.62. The quantitative estimate of drug-likeness (QED) is 0.679.